The Morgan fingerprint density at radius 2 is 1.85 bits per heavy atom. The minimum Gasteiger partial charge on any atom is -0.332 e. The molecular formula is C16H24Cl2F2N6. The molecule has 4 heterocycles. The van der Waals surface area contributed by atoms with Gasteiger partial charge in [0.25, 0.3) is 0 Å². The lowest BCUT2D eigenvalue weighted by Crippen LogP contribution is -2.53. The van der Waals surface area contributed by atoms with E-state index in [0.29, 0.717) is 29.2 Å². The molecule has 2 aliphatic rings. The van der Waals surface area contributed by atoms with Gasteiger partial charge < -0.3 is 10.2 Å². The molecule has 2 aliphatic heterocycles. The van der Waals surface area contributed by atoms with Gasteiger partial charge in [-0.2, -0.15) is 14.6 Å². The Hall–Kier alpha value is -1.25. The zero-order valence-electron chi connectivity index (χ0n) is 14.8. The fourth-order valence-electron chi connectivity index (χ4n) is 3.77. The van der Waals surface area contributed by atoms with Gasteiger partial charge in [-0.3, -0.25) is 0 Å². The molecule has 2 unspecified atom stereocenters. The van der Waals surface area contributed by atoms with Crippen molar-refractivity contribution in [2.24, 2.45) is 0 Å². The van der Waals surface area contributed by atoms with Crippen LogP contribution in [0.4, 0.5) is 14.7 Å². The van der Waals surface area contributed by atoms with Crippen molar-refractivity contribution >= 4 is 36.4 Å². The van der Waals surface area contributed by atoms with Crippen LogP contribution in [0.15, 0.2) is 6.07 Å². The molecule has 2 saturated heterocycles. The van der Waals surface area contributed by atoms with Crippen molar-refractivity contribution in [1.82, 2.24) is 24.9 Å². The highest BCUT2D eigenvalue weighted by Crippen LogP contribution is 2.31. The van der Waals surface area contributed by atoms with Crippen LogP contribution in [-0.4, -0.2) is 50.7 Å². The molecule has 0 aromatic carbocycles. The highest BCUT2D eigenvalue weighted by molar-refractivity contribution is 5.85. The molecule has 4 rings (SSSR count). The van der Waals surface area contributed by atoms with Gasteiger partial charge >= 0.3 is 0 Å². The van der Waals surface area contributed by atoms with Crippen LogP contribution in [0.1, 0.15) is 37.7 Å². The Labute approximate surface area is 163 Å². The van der Waals surface area contributed by atoms with E-state index in [1.165, 1.54) is 0 Å². The molecule has 0 aliphatic carbocycles. The third-order valence-corrected chi connectivity index (χ3v) is 4.90. The van der Waals surface area contributed by atoms with Crippen molar-refractivity contribution < 1.29 is 8.78 Å². The first kappa shape index (κ1) is 21.1. The summed E-state index contributed by atoms with van der Waals surface area (Å²) in [7, 11) is 0. The van der Waals surface area contributed by atoms with Crippen molar-refractivity contribution in [2.45, 2.75) is 57.5 Å². The van der Waals surface area contributed by atoms with Gasteiger partial charge in [-0.1, -0.05) is 0 Å². The monoisotopic (exact) mass is 408 g/mol. The molecule has 10 heteroatoms. The molecule has 0 spiro atoms. The summed E-state index contributed by atoms with van der Waals surface area (Å²) in [5, 5.41) is 7.98. The summed E-state index contributed by atoms with van der Waals surface area (Å²) in [6.07, 6.45) is 2.30. The molecule has 2 aromatic rings. The SMILES string of the molecule is Cc1nc(N2C3CCC2CNC3)n2nc(CCC(C)(F)F)cc2n1.Cl.Cl. The summed E-state index contributed by atoms with van der Waals surface area (Å²) in [6.45, 7) is 4.69. The predicted molar refractivity (Wildman–Crippen MR) is 101 cm³/mol. The first-order chi connectivity index (χ1) is 11.4. The third kappa shape index (κ3) is 4.02. The second kappa shape index (κ2) is 7.78. The number of aryl methyl sites for hydroxylation is 2. The van der Waals surface area contributed by atoms with E-state index < -0.39 is 5.92 Å². The minimum atomic E-state index is -2.68. The molecule has 2 atom stereocenters. The lowest BCUT2D eigenvalue weighted by atomic mass is 10.1. The molecule has 2 aromatic heterocycles. The minimum absolute atomic E-state index is 0. The summed E-state index contributed by atoms with van der Waals surface area (Å²) in [6, 6.07) is 2.62. The summed E-state index contributed by atoms with van der Waals surface area (Å²) in [5.74, 6) is -1.21. The van der Waals surface area contributed by atoms with Crippen LogP contribution >= 0.6 is 24.8 Å². The number of aromatic nitrogens is 4. The van der Waals surface area contributed by atoms with Gasteiger partial charge in [0.1, 0.15) is 5.82 Å². The molecular weight excluding hydrogens is 385 g/mol. The number of fused-ring (bicyclic) bond motifs is 3. The Balaban J connectivity index is 0.00000121. The lowest BCUT2D eigenvalue weighted by molar-refractivity contribution is 0.0130. The third-order valence-electron chi connectivity index (χ3n) is 4.90. The predicted octanol–water partition coefficient (Wildman–Crippen LogP) is 2.80. The molecule has 0 amide bonds. The standard InChI is InChI=1S/C16H22F2N6.2ClH/c1-10-20-14-7-11(5-6-16(2,17)18)22-24(14)15(21-10)23-12-3-4-13(23)9-19-8-12;;/h7,12-13,19H,3-6,8-9H2,1-2H3;2*1H. The first-order valence-electron chi connectivity index (χ1n) is 8.51. The van der Waals surface area contributed by atoms with E-state index >= 15 is 0 Å². The van der Waals surface area contributed by atoms with Crippen LogP contribution in [-0.2, 0) is 6.42 Å². The van der Waals surface area contributed by atoms with Crippen LogP contribution in [0.25, 0.3) is 5.65 Å². The number of anilines is 1. The van der Waals surface area contributed by atoms with E-state index in [2.05, 4.69) is 25.3 Å². The van der Waals surface area contributed by atoms with Crippen molar-refractivity contribution in [2.75, 3.05) is 18.0 Å². The smallest absolute Gasteiger partial charge is 0.245 e. The number of piperazine rings is 1. The van der Waals surface area contributed by atoms with Gasteiger partial charge in [-0.05, 0) is 33.1 Å². The Morgan fingerprint density at radius 3 is 2.46 bits per heavy atom. The average Bonchev–Trinajstić information content (AvgIpc) is 3.01. The average molecular weight is 409 g/mol. The summed E-state index contributed by atoms with van der Waals surface area (Å²) in [5.41, 5.74) is 1.32. The topological polar surface area (TPSA) is 58.4 Å². The largest absolute Gasteiger partial charge is 0.332 e. The van der Waals surface area contributed by atoms with E-state index in [4.69, 9.17) is 0 Å². The van der Waals surface area contributed by atoms with E-state index in [9.17, 15) is 8.78 Å². The van der Waals surface area contributed by atoms with Gasteiger partial charge in [0, 0.05) is 37.7 Å². The van der Waals surface area contributed by atoms with Crippen LogP contribution in [0.2, 0.25) is 0 Å². The maximum absolute atomic E-state index is 13.1. The number of halogens is 4. The van der Waals surface area contributed by atoms with Crippen LogP contribution in [0.3, 0.4) is 0 Å². The molecule has 2 fully saturated rings. The van der Waals surface area contributed by atoms with Crippen molar-refractivity contribution in [1.29, 1.82) is 0 Å². The Bertz CT molecular complexity index is 747. The van der Waals surface area contributed by atoms with Crippen LogP contribution in [0, 0.1) is 6.92 Å². The van der Waals surface area contributed by atoms with Gasteiger partial charge in [0.15, 0.2) is 5.65 Å². The van der Waals surface area contributed by atoms with Gasteiger partial charge in [-0.15, -0.1) is 24.8 Å². The van der Waals surface area contributed by atoms with E-state index in [1.54, 1.807) is 10.6 Å². The Morgan fingerprint density at radius 1 is 1.19 bits per heavy atom. The van der Waals surface area contributed by atoms with E-state index in [0.717, 1.165) is 38.8 Å². The number of hydrogen-bond donors (Lipinski definition) is 1. The molecule has 0 radical (unpaired) electrons. The first-order valence-corrected chi connectivity index (χ1v) is 8.51. The highest BCUT2D eigenvalue weighted by Gasteiger charge is 2.39. The lowest BCUT2D eigenvalue weighted by Gasteiger charge is -2.36. The van der Waals surface area contributed by atoms with Crippen molar-refractivity contribution in [3.8, 4) is 0 Å². The second-order valence-electron chi connectivity index (χ2n) is 7.00. The molecule has 26 heavy (non-hydrogen) atoms. The number of nitrogens with one attached hydrogen (secondary N) is 1. The maximum Gasteiger partial charge on any atom is 0.245 e. The quantitative estimate of drug-likeness (QED) is 0.842. The van der Waals surface area contributed by atoms with Gasteiger partial charge in [0.2, 0.25) is 11.9 Å². The summed E-state index contributed by atoms with van der Waals surface area (Å²) < 4.78 is 28.0. The van der Waals surface area contributed by atoms with Crippen LogP contribution in [0.5, 0.6) is 0 Å². The van der Waals surface area contributed by atoms with Gasteiger partial charge in [0.05, 0.1) is 5.69 Å². The second-order valence-corrected chi connectivity index (χ2v) is 7.00. The maximum atomic E-state index is 13.1. The zero-order valence-corrected chi connectivity index (χ0v) is 16.4. The van der Waals surface area contributed by atoms with Crippen molar-refractivity contribution in [3.63, 3.8) is 0 Å². The summed E-state index contributed by atoms with van der Waals surface area (Å²) in [4.78, 5) is 11.4. The van der Waals surface area contributed by atoms with E-state index in [-0.39, 0.29) is 37.7 Å². The molecule has 146 valence electrons. The van der Waals surface area contributed by atoms with E-state index in [1.807, 2.05) is 6.92 Å². The van der Waals surface area contributed by atoms with Crippen LogP contribution < -0.4 is 10.2 Å². The number of hydrogen-bond acceptors (Lipinski definition) is 5. The molecule has 1 N–H and O–H groups in total. The Kier molecular flexibility index (Phi) is 6.30. The number of rotatable bonds is 4. The number of alkyl halides is 2. The van der Waals surface area contributed by atoms with Gasteiger partial charge in [-0.25, -0.2) is 13.8 Å². The highest BCUT2D eigenvalue weighted by atomic mass is 35.5. The normalized spacial score (nSPS) is 22.2. The molecule has 0 saturated carbocycles. The summed E-state index contributed by atoms with van der Waals surface area (Å²) >= 11 is 0. The zero-order chi connectivity index (χ0) is 16.9. The number of nitrogens with zero attached hydrogens (tertiary/aromatic N) is 5. The fourth-order valence-corrected chi connectivity index (χ4v) is 3.77. The fraction of sp³-hybridized carbons (Fsp3) is 0.688. The van der Waals surface area contributed by atoms with Crippen molar-refractivity contribution in [3.05, 3.63) is 17.6 Å². The molecule has 2 bridgehead atoms. The molecule has 6 nitrogen and oxygen atoms in total.